The summed E-state index contributed by atoms with van der Waals surface area (Å²) in [6, 6.07) is 66.6. The van der Waals surface area contributed by atoms with Crippen LogP contribution in [0.2, 0.25) is 0 Å². The van der Waals surface area contributed by atoms with E-state index in [1.807, 2.05) is 23.5 Å². The van der Waals surface area contributed by atoms with E-state index in [0.29, 0.717) is 5.82 Å². The Labute approximate surface area is 321 Å². The molecule has 0 fully saturated rings. The molecule has 8 aromatic carbocycles. The molecule has 0 aliphatic rings. The summed E-state index contributed by atoms with van der Waals surface area (Å²) in [5, 5.41) is 7.30. The number of aromatic nitrogens is 3. The van der Waals surface area contributed by atoms with Gasteiger partial charge in [0.05, 0.1) is 22.4 Å². The van der Waals surface area contributed by atoms with Gasteiger partial charge in [0.25, 0.3) is 0 Å². The fourth-order valence-corrected chi connectivity index (χ4v) is 9.21. The van der Waals surface area contributed by atoms with Crippen molar-refractivity contribution in [1.29, 1.82) is 0 Å². The minimum Gasteiger partial charge on any atom is -0.247 e. The summed E-state index contributed by atoms with van der Waals surface area (Å²) in [6.07, 6.45) is 0. The number of para-hydroxylation sites is 2. The van der Waals surface area contributed by atoms with Gasteiger partial charge in [-0.15, -0.1) is 11.3 Å². The SMILES string of the molecule is c1ccc(-c2ccc(-c3nc(-c4ccc(-c5ccc(-c6nc7ccccc7c7c6ccc6c8ccccc8sc67)cc5)cc4)nc4ccccc34)cc2)cc1. The van der Waals surface area contributed by atoms with Gasteiger partial charge in [0, 0.05) is 58.4 Å². The molecule has 0 bridgehead atoms. The molecule has 0 N–H and O–H groups in total. The average Bonchev–Trinajstić information content (AvgIpc) is 3.65. The minimum atomic E-state index is 0.713. The van der Waals surface area contributed by atoms with Crippen molar-refractivity contribution in [3.8, 4) is 56.2 Å². The van der Waals surface area contributed by atoms with Crippen LogP contribution in [0.15, 0.2) is 188 Å². The van der Waals surface area contributed by atoms with Gasteiger partial charge in [0.1, 0.15) is 0 Å². The molecule has 11 aromatic rings. The Balaban J connectivity index is 0.941. The highest BCUT2D eigenvalue weighted by molar-refractivity contribution is 7.26. The molecule has 3 aromatic heterocycles. The van der Waals surface area contributed by atoms with Crippen molar-refractivity contribution in [1.82, 2.24) is 15.0 Å². The Bertz CT molecular complexity index is 3220. The Morgan fingerprint density at radius 2 is 0.764 bits per heavy atom. The standard InChI is InChI=1S/C51H31N3S/c1-2-10-32(11-3-1)33-18-24-36(25-19-33)48-42-14-5-8-16-45(42)53-51(54-48)38-28-22-35(23-29-38)34-20-26-37(27-21-34)49-43-31-30-40-39-12-6-9-17-46(39)55-50(40)47(43)41-13-4-7-15-44(41)52-49/h1-31H. The number of thiophene rings is 1. The largest absolute Gasteiger partial charge is 0.247 e. The summed E-state index contributed by atoms with van der Waals surface area (Å²) in [6.45, 7) is 0. The fraction of sp³-hybridized carbons (Fsp3) is 0. The molecule has 0 atom stereocenters. The highest BCUT2D eigenvalue weighted by atomic mass is 32.1. The Morgan fingerprint density at radius 1 is 0.291 bits per heavy atom. The maximum atomic E-state index is 5.24. The van der Waals surface area contributed by atoms with Crippen LogP contribution in [0.25, 0.3) is 109 Å². The van der Waals surface area contributed by atoms with Gasteiger partial charge in [-0.1, -0.05) is 170 Å². The van der Waals surface area contributed by atoms with E-state index in [1.165, 1.54) is 47.5 Å². The first kappa shape index (κ1) is 31.5. The van der Waals surface area contributed by atoms with Gasteiger partial charge in [0.2, 0.25) is 0 Å². The van der Waals surface area contributed by atoms with Crippen LogP contribution in [-0.4, -0.2) is 15.0 Å². The minimum absolute atomic E-state index is 0.713. The van der Waals surface area contributed by atoms with Crippen molar-refractivity contribution in [3.05, 3.63) is 188 Å². The van der Waals surface area contributed by atoms with Gasteiger partial charge in [0.15, 0.2) is 5.82 Å². The lowest BCUT2D eigenvalue weighted by Crippen LogP contribution is -1.95. The Morgan fingerprint density at radius 3 is 1.44 bits per heavy atom. The van der Waals surface area contributed by atoms with Crippen molar-refractivity contribution in [2.45, 2.75) is 0 Å². The third-order valence-corrected chi connectivity index (χ3v) is 11.9. The first-order valence-electron chi connectivity index (χ1n) is 18.5. The molecular weight excluding hydrogens is 687 g/mol. The van der Waals surface area contributed by atoms with E-state index in [2.05, 4.69) is 176 Å². The van der Waals surface area contributed by atoms with Gasteiger partial charge >= 0.3 is 0 Å². The highest BCUT2D eigenvalue weighted by Gasteiger charge is 2.17. The molecule has 0 unspecified atom stereocenters. The number of pyridine rings is 1. The zero-order valence-corrected chi connectivity index (χ0v) is 30.5. The number of nitrogens with zero attached hydrogens (tertiary/aromatic N) is 3. The lowest BCUT2D eigenvalue weighted by Gasteiger charge is -2.12. The zero-order chi connectivity index (χ0) is 36.3. The summed E-state index contributed by atoms with van der Waals surface area (Å²) in [5.74, 6) is 0.713. The zero-order valence-electron chi connectivity index (χ0n) is 29.6. The maximum absolute atomic E-state index is 5.24. The molecular formula is C51H31N3S. The quantitative estimate of drug-likeness (QED) is 0.166. The normalized spacial score (nSPS) is 11.6. The monoisotopic (exact) mass is 717 g/mol. The van der Waals surface area contributed by atoms with E-state index in [0.717, 1.165) is 55.6 Å². The molecule has 11 rings (SSSR count). The van der Waals surface area contributed by atoms with E-state index in [4.69, 9.17) is 15.0 Å². The van der Waals surface area contributed by atoms with Crippen LogP contribution >= 0.6 is 11.3 Å². The summed E-state index contributed by atoms with van der Waals surface area (Å²) < 4.78 is 2.63. The number of hydrogen-bond donors (Lipinski definition) is 0. The second kappa shape index (κ2) is 12.8. The first-order valence-corrected chi connectivity index (χ1v) is 19.3. The van der Waals surface area contributed by atoms with Gasteiger partial charge in [-0.05, 0) is 40.5 Å². The van der Waals surface area contributed by atoms with Crippen LogP contribution in [0.3, 0.4) is 0 Å². The molecule has 0 saturated carbocycles. The third kappa shape index (κ3) is 5.38. The Kier molecular flexibility index (Phi) is 7.35. The van der Waals surface area contributed by atoms with Gasteiger partial charge in [-0.25, -0.2) is 15.0 Å². The van der Waals surface area contributed by atoms with Gasteiger partial charge in [-0.3, -0.25) is 0 Å². The summed E-state index contributed by atoms with van der Waals surface area (Å²) in [7, 11) is 0. The van der Waals surface area contributed by atoms with Gasteiger partial charge in [-0.2, -0.15) is 0 Å². The molecule has 0 radical (unpaired) electrons. The van der Waals surface area contributed by atoms with E-state index < -0.39 is 0 Å². The second-order valence-corrected chi connectivity index (χ2v) is 15.0. The molecule has 55 heavy (non-hydrogen) atoms. The van der Waals surface area contributed by atoms with Gasteiger partial charge < -0.3 is 0 Å². The molecule has 0 aliphatic heterocycles. The van der Waals surface area contributed by atoms with Crippen LogP contribution in [0, 0.1) is 0 Å². The summed E-state index contributed by atoms with van der Waals surface area (Å²) >= 11 is 1.87. The predicted octanol–water partition coefficient (Wildman–Crippen LogP) is 14.0. The first-order chi connectivity index (χ1) is 27.2. The molecule has 0 spiro atoms. The van der Waals surface area contributed by atoms with Crippen molar-refractivity contribution < 1.29 is 0 Å². The molecule has 4 heteroatoms. The van der Waals surface area contributed by atoms with Crippen molar-refractivity contribution in [2.75, 3.05) is 0 Å². The summed E-state index contributed by atoms with van der Waals surface area (Å²) in [5.41, 5.74) is 11.7. The number of hydrogen-bond acceptors (Lipinski definition) is 4. The molecule has 256 valence electrons. The van der Waals surface area contributed by atoms with Crippen molar-refractivity contribution in [2.24, 2.45) is 0 Å². The molecule has 0 amide bonds. The third-order valence-electron chi connectivity index (χ3n) is 10.7. The van der Waals surface area contributed by atoms with Crippen LogP contribution in [0.5, 0.6) is 0 Å². The van der Waals surface area contributed by atoms with E-state index in [9.17, 15) is 0 Å². The van der Waals surface area contributed by atoms with Crippen LogP contribution in [-0.2, 0) is 0 Å². The highest BCUT2D eigenvalue weighted by Crippen LogP contribution is 2.43. The smallest absolute Gasteiger partial charge is 0.160 e. The molecule has 3 nitrogen and oxygen atoms in total. The lowest BCUT2D eigenvalue weighted by molar-refractivity contribution is 1.23. The molecule has 0 saturated heterocycles. The molecule has 3 heterocycles. The predicted molar refractivity (Wildman–Crippen MR) is 232 cm³/mol. The van der Waals surface area contributed by atoms with Crippen LogP contribution in [0.1, 0.15) is 0 Å². The van der Waals surface area contributed by atoms with Crippen LogP contribution in [0.4, 0.5) is 0 Å². The second-order valence-electron chi connectivity index (χ2n) is 14.0. The molecule has 0 aliphatic carbocycles. The maximum Gasteiger partial charge on any atom is 0.160 e. The van der Waals surface area contributed by atoms with E-state index in [1.54, 1.807) is 0 Å². The average molecular weight is 718 g/mol. The number of benzene rings is 8. The van der Waals surface area contributed by atoms with Crippen molar-refractivity contribution in [3.63, 3.8) is 0 Å². The number of fused-ring (bicyclic) bond motifs is 8. The van der Waals surface area contributed by atoms with Crippen molar-refractivity contribution >= 4 is 64.1 Å². The van der Waals surface area contributed by atoms with Crippen LogP contribution < -0.4 is 0 Å². The lowest BCUT2D eigenvalue weighted by atomic mass is 9.96. The van der Waals surface area contributed by atoms with E-state index >= 15 is 0 Å². The topological polar surface area (TPSA) is 38.7 Å². The van der Waals surface area contributed by atoms with E-state index in [-0.39, 0.29) is 0 Å². The Hall–Kier alpha value is -7.01. The summed E-state index contributed by atoms with van der Waals surface area (Å²) in [4.78, 5) is 15.4. The fourth-order valence-electron chi connectivity index (χ4n) is 7.95. The number of rotatable bonds is 5.